The predicted molar refractivity (Wildman–Crippen MR) is 56.3 cm³/mol. The molecular weight excluding hydrogens is 179 g/mol. The lowest BCUT2D eigenvalue weighted by atomic mass is 10.2. The molecule has 1 rings (SSSR count). The number of halogens is 1. The lowest BCUT2D eigenvalue weighted by molar-refractivity contribution is 0.244. The quantitative estimate of drug-likeness (QED) is 0.730. The molecular formula is C12H13FO. The fraction of sp³-hybridized carbons (Fsp3) is 0.167. The van der Waals surface area contributed by atoms with Crippen molar-refractivity contribution in [2.45, 2.75) is 13.0 Å². The number of hydrogen-bond acceptors (Lipinski definition) is 1. The molecule has 0 aromatic heterocycles. The smallest absolute Gasteiger partial charge is 0.123 e. The maximum absolute atomic E-state index is 12.5. The van der Waals surface area contributed by atoms with E-state index in [2.05, 4.69) is 0 Å². The summed E-state index contributed by atoms with van der Waals surface area (Å²) in [6.45, 7) is 1.68. The van der Waals surface area contributed by atoms with Crippen molar-refractivity contribution < 1.29 is 9.50 Å². The molecule has 0 radical (unpaired) electrons. The molecule has 1 nitrogen and oxygen atoms in total. The highest BCUT2D eigenvalue weighted by Crippen LogP contribution is 2.04. The second-order valence-electron chi connectivity index (χ2n) is 3.04. The molecule has 0 heterocycles. The highest BCUT2D eigenvalue weighted by Gasteiger charge is 1.87. The van der Waals surface area contributed by atoms with Crippen molar-refractivity contribution in [1.29, 1.82) is 0 Å². The normalized spacial score (nSPS) is 13.9. The van der Waals surface area contributed by atoms with Crippen LogP contribution >= 0.6 is 0 Å². The Bertz CT molecular complexity index is 323. The van der Waals surface area contributed by atoms with Crippen LogP contribution in [0.5, 0.6) is 0 Å². The van der Waals surface area contributed by atoms with Gasteiger partial charge in [0.1, 0.15) is 5.82 Å². The third-order valence-corrected chi connectivity index (χ3v) is 1.66. The van der Waals surface area contributed by atoms with Gasteiger partial charge in [0.15, 0.2) is 0 Å². The van der Waals surface area contributed by atoms with Crippen molar-refractivity contribution in [2.75, 3.05) is 0 Å². The summed E-state index contributed by atoms with van der Waals surface area (Å²) in [4.78, 5) is 0. The Morgan fingerprint density at radius 2 is 1.86 bits per heavy atom. The van der Waals surface area contributed by atoms with Crippen LogP contribution in [0.25, 0.3) is 6.08 Å². The zero-order valence-electron chi connectivity index (χ0n) is 8.02. The van der Waals surface area contributed by atoms with Gasteiger partial charge in [-0.25, -0.2) is 4.39 Å². The molecule has 2 heteroatoms. The van der Waals surface area contributed by atoms with E-state index in [1.165, 1.54) is 12.1 Å². The SMILES string of the molecule is CC(O)/C=C/C=C/c1ccc(F)cc1. The zero-order chi connectivity index (χ0) is 10.4. The first-order valence-corrected chi connectivity index (χ1v) is 4.47. The molecule has 74 valence electrons. The van der Waals surface area contributed by atoms with Crippen molar-refractivity contribution in [2.24, 2.45) is 0 Å². The van der Waals surface area contributed by atoms with Crippen LogP contribution in [0.4, 0.5) is 4.39 Å². The van der Waals surface area contributed by atoms with E-state index in [-0.39, 0.29) is 5.82 Å². The van der Waals surface area contributed by atoms with Gasteiger partial charge in [-0.1, -0.05) is 36.4 Å². The first-order valence-electron chi connectivity index (χ1n) is 4.47. The van der Waals surface area contributed by atoms with E-state index in [1.807, 2.05) is 6.08 Å². The summed E-state index contributed by atoms with van der Waals surface area (Å²) in [7, 11) is 0. The maximum atomic E-state index is 12.5. The van der Waals surface area contributed by atoms with E-state index < -0.39 is 6.10 Å². The van der Waals surface area contributed by atoms with Crippen molar-refractivity contribution in [1.82, 2.24) is 0 Å². The minimum Gasteiger partial charge on any atom is -0.389 e. The number of allylic oxidation sites excluding steroid dienone is 2. The van der Waals surface area contributed by atoms with Gasteiger partial charge in [0.2, 0.25) is 0 Å². The van der Waals surface area contributed by atoms with Crippen LogP contribution in [0.3, 0.4) is 0 Å². The molecule has 0 saturated heterocycles. The van der Waals surface area contributed by atoms with Gasteiger partial charge in [0.25, 0.3) is 0 Å². The number of rotatable bonds is 3. The molecule has 1 N–H and O–H groups in total. The highest BCUT2D eigenvalue weighted by molar-refractivity contribution is 5.50. The Kier molecular flexibility index (Phi) is 4.08. The first-order chi connectivity index (χ1) is 6.68. The topological polar surface area (TPSA) is 20.2 Å². The summed E-state index contributed by atoms with van der Waals surface area (Å²) in [5.41, 5.74) is 0.932. The molecule has 1 unspecified atom stereocenters. The van der Waals surface area contributed by atoms with Crippen LogP contribution in [0.2, 0.25) is 0 Å². The van der Waals surface area contributed by atoms with Gasteiger partial charge in [0, 0.05) is 0 Å². The van der Waals surface area contributed by atoms with Gasteiger partial charge in [0.05, 0.1) is 6.10 Å². The van der Waals surface area contributed by atoms with Crippen LogP contribution in [0.15, 0.2) is 42.5 Å². The second kappa shape index (κ2) is 5.35. The fourth-order valence-corrected chi connectivity index (χ4v) is 0.966. The van der Waals surface area contributed by atoms with E-state index >= 15 is 0 Å². The highest BCUT2D eigenvalue weighted by atomic mass is 19.1. The van der Waals surface area contributed by atoms with Gasteiger partial charge < -0.3 is 5.11 Å². The average molecular weight is 192 g/mol. The van der Waals surface area contributed by atoms with E-state index in [9.17, 15) is 4.39 Å². The average Bonchev–Trinajstić information content (AvgIpc) is 2.15. The molecule has 0 aliphatic rings. The Labute approximate surface area is 83.2 Å². The van der Waals surface area contributed by atoms with Crippen molar-refractivity contribution in [3.63, 3.8) is 0 Å². The summed E-state index contributed by atoms with van der Waals surface area (Å²) < 4.78 is 12.5. The first kappa shape index (κ1) is 10.7. The fourth-order valence-electron chi connectivity index (χ4n) is 0.966. The molecule has 1 aromatic rings. The van der Waals surface area contributed by atoms with Gasteiger partial charge >= 0.3 is 0 Å². The molecule has 0 fully saturated rings. The molecule has 0 amide bonds. The number of benzene rings is 1. The van der Waals surface area contributed by atoms with Crippen LogP contribution in [0, 0.1) is 5.82 Å². The van der Waals surface area contributed by atoms with E-state index in [0.717, 1.165) is 5.56 Å². The van der Waals surface area contributed by atoms with Gasteiger partial charge in [-0.2, -0.15) is 0 Å². The van der Waals surface area contributed by atoms with Gasteiger partial charge in [-0.3, -0.25) is 0 Å². The van der Waals surface area contributed by atoms with Crippen LogP contribution < -0.4 is 0 Å². The third-order valence-electron chi connectivity index (χ3n) is 1.66. The van der Waals surface area contributed by atoms with Crippen molar-refractivity contribution >= 4 is 6.08 Å². The van der Waals surface area contributed by atoms with Crippen molar-refractivity contribution in [3.05, 3.63) is 53.9 Å². The molecule has 0 bridgehead atoms. The van der Waals surface area contributed by atoms with Gasteiger partial charge in [-0.15, -0.1) is 0 Å². The minimum absolute atomic E-state index is 0.235. The third kappa shape index (κ3) is 4.01. The number of aliphatic hydroxyl groups excluding tert-OH is 1. The van der Waals surface area contributed by atoms with Crippen LogP contribution in [0.1, 0.15) is 12.5 Å². The molecule has 0 aliphatic carbocycles. The summed E-state index contributed by atoms with van der Waals surface area (Å²) in [5.74, 6) is -0.235. The summed E-state index contributed by atoms with van der Waals surface area (Å²) in [6.07, 6.45) is 6.64. The molecule has 0 aliphatic heterocycles. The maximum Gasteiger partial charge on any atom is 0.123 e. The van der Waals surface area contributed by atoms with E-state index in [0.29, 0.717) is 0 Å². The standard InChI is InChI=1S/C12H13FO/c1-10(14)4-2-3-5-11-6-8-12(13)9-7-11/h2-10,14H,1H3/b4-2+,5-3+. The monoisotopic (exact) mass is 192 g/mol. The predicted octanol–water partition coefficient (Wildman–Crippen LogP) is 2.78. The Morgan fingerprint density at radius 1 is 1.21 bits per heavy atom. The van der Waals surface area contributed by atoms with E-state index in [1.54, 1.807) is 37.3 Å². The lowest BCUT2D eigenvalue weighted by Gasteiger charge is -1.92. The van der Waals surface area contributed by atoms with Gasteiger partial charge in [-0.05, 0) is 24.6 Å². The second-order valence-corrected chi connectivity index (χ2v) is 3.04. The van der Waals surface area contributed by atoms with Crippen LogP contribution in [-0.4, -0.2) is 11.2 Å². The lowest BCUT2D eigenvalue weighted by Crippen LogP contribution is -1.90. The largest absolute Gasteiger partial charge is 0.389 e. The Balaban J connectivity index is 2.56. The Morgan fingerprint density at radius 3 is 2.43 bits per heavy atom. The molecule has 0 saturated carbocycles. The number of hydrogen-bond donors (Lipinski definition) is 1. The summed E-state index contributed by atoms with van der Waals surface area (Å²) in [6, 6.07) is 6.22. The Hall–Kier alpha value is -1.41. The molecule has 0 spiro atoms. The minimum atomic E-state index is -0.437. The molecule has 14 heavy (non-hydrogen) atoms. The van der Waals surface area contributed by atoms with E-state index in [4.69, 9.17) is 5.11 Å². The molecule has 1 aromatic carbocycles. The summed E-state index contributed by atoms with van der Waals surface area (Å²) >= 11 is 0. The van der Waals surface area contributed by atoms with Crippen molar-refractivity contribution in [3.8, 4) is 0 Å². The number of aliphatic hydroxyl groups is 1. The molecule has 1 atom stereocenters. The van der Waals surface area contributed by atoms with Crippen LogP contribution in [-0.2, 0) is 0 Å². The zero-order valence-corrected chi connectivity index (χ0v) is 8.02. The summed E-state index contributed by atoms with van der Waals surface area (Å²) in [5, 5.41) is 8.92.